The minimum atomic E-state index is -1.10. The van der Waals surface area contributed by atoms with E-state index in [2.05, 4.69) is 20.9 Å². The molecule has 0 saturated carbocycles. The zero-order valence-electron chi connectivity index (χ0n) is 25.3. The van der Waals surface area contributed by atoms with E-state index in [1.807, 2.05) is 74.5 Å². The first kappa shape index (κ1) is 33.7. The van der Waals surface area contributed by atoms with Crippen molar-refractivity contribution in [3.8, 4) is 0 Å². The molecule has 1 heterocycles. The van der Waals surface area contributed by atoms with Gasteiger partial charge in [0.05, 0.1) is 6.04 Å². The molecule has 0 bridgehead atoms. The molecule has 3 amide bonds. The molecule has 1 aromatic heterocycles. The van der Waals surface area contributed by atoms with Crippen LogP contribution in [-0.2, 0) is 38.6 Å². The molecule has 3 aromatic rings. The van der Waals surface area contributed by atoms with Gasteiger partial charge in [-0.25, -0.2) is 9.78 Å². The van der Waals surface area contributed by atoms with Crippen LogP contribution >= 0.6 is 0 Å². The maximum Gasteiger partial charge on any atom is 0.349 e. The summed E-state index contributed by atoms with van der Waals surface area (Å²) in [6.07, 6.45) is 3.41. The van der Waals surface area contributed by atoms with Crippen molar-refractivity contribution in [2.45, 2.75) is 71.0 Å². The van der Waals surface area contributed by atoms with E-state index < -0.39 is 35.4 Å². The highest BCUT2D eigenvalue weighted by atomic mass is 16.2. The van der Waals surface area contributed by atoms with Crippen LogP contribution in [0.5, 0.6) is 0 Å². The van der Waals surface area contributed by atoms with Crippen LogP contribution in [0.4, 0.5) is 5.82 Å². The lowest BCUT2D eigenvalue weighted by Gasteiger charge is -2.24. The van der Waals surface area contributed by atoms with E-state index in [0.717, 1.165) is 11.1 Å². The lowest BCUT2D eigenvalue weighted by Crippen LogP contribution is -2.54. The van der Waals surface area contributed by atoms with Gasteiger partial charge in [0.1, 0.15) is 11.9 Å². The Balaban J connectivity index is 1.64. The number of benzene rings is 2. The van der Waals surface area contributed by atoms with E-state index in [4.69, 9.17) is 5.73 Å². The number of nitrogens with one attached hydrogen (secondary N) is 3. The molecule has 1 unspecified atom stereocenters. The number of rotatable bonds is 17. The Morgan fingerprint density at radius 2 is 1.50 bits per heavy atom. The quantitative estimate of drug-likeness (QED) is 0.136. The summed E-state index contributed by atoms with van der Waals surface area (Å²) in [5.74, 6) is -2.08. The second-order valence-corrected chi connectivity index (χ2v) is 11.1. The minimum Gasteiger partial charge on any atom is -0.385 e. The highest BCUT2D eigenvalue weighted by Gasteiger charge is 2.30. The van der Waals surface area contributed by atoms with Crippen LogP contribution in [0.1, 0.15) is 50.7 Å². The standard InChI is InChI=1S/C33H42N6O5/c1-23(2)22-27(37-29(40)17-15-25-12-7-4-8-13-25)31(42)38-26(16-14-24-10-5-3-6-11-24)30(41)32(43)35-19-9-21-39-28(34)18-20-36-33(39)44/h3-8,10-13,18,20,23,26-27H,9,14-17,19,21-22,34H2,1-2H3,(H,35,43)(H,37,40)(H,38,42)/t26?,27-/m0/s1. The zero-order chi connectivity index (χ0) is 31.9. The van der Waals surface area contributed by atoms with Gasteiger partial charge in [0.25, 0.3) is 5.91 Å². The van der Waals surface area contributed by atoms with Crippen molar-refractivity contribution in [2.75, 3.05) is 12.3 Å². The number of ketones is 1. The molecule has 5 N–H and O–H groups in total. The molecule has 0 aliphatic carbocycles. The molecule has 2 atom stereocenters. The number of carbonyl (C=O) groups excluding carboxylic acids is 4. The van der Waals surface area contributed by atoms with Crippen LogP contribution in [0.2, 0.25) is 0 Å². The summed E-state index contributed by atoms with van der Waals surface area (Å²) in [6.45, 7) is 4.20. The molecule has 3 rings (SSSR count). The number of nitrogens with two attached hydrogens (primary N) is 1. The number of hydrogen-bond donors (Lipinski definition) is 4. The van der Waals surface area contributed by atoms with Gasteiger partial charge in [-0.05, 0) is 55.2 Å². The van der Waals surface area contributed by atoms with Crippen molar-refractivity contribution in [3.05, 3.63) is 94.5 Å². The van der Waals surface area contributed by atoms with Crippen LogP contribution in [0.15, 0.2) is 77.7 Å². The number of aryl methyl sites for hydroxylation is 2. The van der Waals surface area contributed by atoms with E-state index in [0.29, 0.717) is 25.7 Å². The summed E-state index contributed by atoms with van der Waals surface area (Å²) in [7, 11) is 0. The fraction of sp³-hybridized carbons (Fsp3) is 0.394. The van der Waals surface area contributed by atoms with Crippen LogP contribution in [-0.4, -0.2) is 51.7 Å². The summed E-state index contributed by atoms with van der Waals surface area (Å²) < 4.78 is 1.28. The largest absolute Gasteiger partial charge is 0.385 e. The Kier molecular flexibility index (Phi) is 13.3. The van der Waals surface area contributed by atoms with Gasteiger partial charge in [-0.1, -0.05) is 74.5 Å². The van der Waals surface area contributed by atoms with Crippen molar-refractivity contribution in [2.24, 2.45) is 5.92 Å². The predicted molar refractivity (Wildman–Crippen MR) is 168 cm³/mol. The fourth-order valence-electron chi connectivity index (χ4n) is 4.73. The number of hydrogen-bond acceptors (Lipinski definition) is 7. The van der Waals surface area contributed by atoms with Crippen LogP contribution in [0.3, 0.4) is 0 Å². The molecule has 11 nitrogen and oxygen atoms in total. The normalized spacial score (nSPS) is 12.2. The van der Waals surface area contributed by atoms with Gasteiger partial charge in [-0.3, -0.25) is 23.7 Å². The van der Waals surface area contributed by atoms with Crippen molar-refractivity contribution < 1.29 is 19.2 Å². The molecule has 0 radical (unpaired) electrons. The van der Waals surface area contributed by atoms with Crippen LogP contribution in [0, 0.1) is 5.92 Å². The molecule has 0 spiro atoms. The molecule has 44 heavy (non-hydrogen) atoms. The highest BCUT2D eigenvalue weighted by Crippen LogP contribution is 2.10. The van der Waals surface area contributed by atoms with Gasteiger partial charge in [-0.2, -0.15) is 0 Å². The Bertz CT molecular complexity index is 1440. The van der Waals surface area contributed by atoms with Gasteiger partial charge >= 0.3 is 5.69 Å². The maximum atomic E-state index is 13.5. The molecular formula is C33H42N6O5. The van der Waals surface area contributed by atoms with E-state index in [9.17, 15) is 24.0 Å². The van der Waals surface area contributed by atoms with E-state index >= 15 is 0 Å². The number of nitrogen functional groups attached to an aromatic ring is 1. The Morgan fingerprint density at radius 1 is 0.864 bits per heavy atom. The molecular weight excluding hydrogens is 560 g/mol. The predicted octanol–water partition coefficient (Wildman–Crippen LogP) is 2.18. The van der Waals surface area contributed by atoms with Crippen LogP contribution in [0.25, 0.3) is 0 Å². The lowest BCUT2D eigenvalue weighted by atomic mass is 9.99. The molecule has 11 heteroatoms. The van der Waals surface area contributed by atoms with Gasteiger partial charge < -0.3 is 21.7 Å². The highest BCUT2D eigenvalue weighted by molar-refractivity contribution is 6.38. The molecule has 2 aromatic carbocycles. The third-order valence-corrected chi connectivity index (χ3v) is 7.08. The number of nitrogens with zero attached hydrogens (tertiary/aromatic N) is 2. The first-order chi connectivity index (χ1) is 21.1. The average Bonchev–Trinajstić information content (AvgIpc) is 3.01. The summed E-state index contributed by atoms with van der Waals surface area (Å²) in [4.78, 5) is 68.0. The Labute approximate surface area is 257 Å². The first-order valence-electron chi connectivity index (χ1n) is 14.9. The zero-order valence-corrected chi connectivity index (χ0v) is 25.3. The SMILES string of the molecule is CC(C)C[C@H](NC(=O)CCc1ccccc1)C(=O)NC(CCc1ccccc1)C(=O)C(=O)NCCCn1c(N)ccnc1=O. The number of amides is 3. The molecule has 0 aliphatic heterocycles. The summed E-state index contributed by atoms with van der Waals surface area (Å²) in [5.41, 5.74) is 7.29. The van der Waals surface area contributed by atoms with E-state index in [-0.39, 0.29) is 43.6 Å². The average molecular weight is 603 g/mol. The molecule has 0 aliphatic rings. The van der Waals surface area contributed by atoms with Gasteiger partial charge in [0.15, 0.2) is 0 Å². The Hall–Kier alpha value is -4.80. The summed E-state index contributed by atoms with van der Waals surface area (Å²) >= 11 is 0. The van der Waals surface area contributed by atoms with Gasteiger partial charge in [0.2, 0.25) is 17.6 Å². The monoisotopic (exact) mass is 602 g/mol. The third-order valence-electron chi connectivity index (χ3n) is 7.08. The number of carbonyl (C=O) groups is 4. The molecule has 0 saturated heterocycles. The first-order valence-corrected chi connectivity index (χ1v) is 14.9. The molecule has 234 valence electrons. The van der Waals surface area contributed by atoms with Gasteiger partial charge in [-0.15, -0.1) is 0 Å². The Morgan fingerprint density at radius 3 is 2.11 bits per heavy atom. The topological polar surface area (TPSA) is 165 Å². The van der Waals surface area contributed by atoms with E-state index in [1.54, 1.807) is 0 Å². The number of aromatic nitrogens is 2. The fourth-order valence-corrected chi connectivity index (χ4v) is 4.73. The maximum absolute atomic E-state index is 13.5. The van der Waals surface area contributed by atoms with Crippen LogP contribution < -0.4 is 27.4 Å². The third kappa shape index (κ3) is 11.1. The minimum absolute atomic E-state index is 0.0864. The number of anilines is 1. The second kappa shape index (κ2) is 17.3. The summed E-state index contributed by atoms with van der Waals surface area (Å²) in [6, 6.07) is 18.6. The van der Waals surface area contributed by atoms with E-state index in [1.165, 1.54) is 16.8 Å². The van der Waals surface area contributed by atoms with Crippen molar-refractivity contribution in [1.82, 2.24) is 25.5 Å². The number of Topliss-reactive ketones (excluding diaryl/α,β-unsaturated/α-hetero) is 1. The lowest BCUT2D eigenvalue weighted by molar-refractivity contribution is -0.140. The summed E-state index contributed by atoms with van der Waals surface area (Å²) in [5, 5.41) is 8.16. The van der Waals surface area contributed by atoms with Crippen molar-refractivity contribution in [3.63, 3.8) is 0 Å². The smallest absolute Gasteiger partial charge is 0.349 e. The van der Waals surface area contributed by atoms with Gasteiger partial charge in [0, 0.05) is 25.7 Å². The second-order valence-electron chi connectivity index (χ2n) is 11.1. The van der Waals surface area contributed by atoms with Crippen molar-refractivity contribution >= 4 is 29.3 Å². The molecule has 0 fully saturated rings. The van der Waals surface area contributed by atoms with Crippen molar-refractivity contribution in [1.29, 1.82) is 0 Å².